The Balaban J connectivity index is 1.42. The summed E-state index contributed by atoms with van der Waals surface area (Å²) < 4.78 is 0. The van der Waals surface area contributed by atoms with E-state index in [0.717, 1.165) is 28.4 Å². The van der Waals surface area contributed by atoms with E-state index in [9.17, 15) is 9.59 Å². The molecule has 2 N–H and O–H groups in total. The lowest BCUT2D eigenvalue weighted by Crippen LogP contribution is -2.32. The number of fused-ring (bicyclic) bond motifs is 1. The van der Waals surface area contributed by atoms with E-state index >= 15 is 0 Å². The highest BCUT2D eigenvalue weighted by Crippen LogP contribution is 2.27. The molecule has 126 valence electrons. The van der Waals surface area contributed by atoms with Gasteiger partial charge >= 0.3 is 0 Å². The van der Waals surface area contributed by atoms with Crippen molar-refractivity contribution in [2.24, 2.45) is 5.92 Å². The number of carbonyl (C=O) groups is 2. The van der Waals surface area contributed by atoms with Crippen LogP contribution in [-0.4, -0.2) is 23.3 Å². The summed E-state index contributed by atoms with van der Waals surface area (Å²) in [5, 5.41) is 8.89. The summed E-state index contributed by atoms with van der Waals surface area (Å²) in [4.78, 5) is 28.5. The molecule has 1 aliphatic heterocycles. The van der Waals surface area contributed by atoms with Crippen molar-refractivity contribution in [3.63, 3.8) is 0 Å². The van der Waals surface area contributed by atoms with Crippen LogP contribution in [0.2, 0.25) is 0 Å². The maximum atomic E-state index is 12.1. The summed E-state index contributed by atoms with van der Waals surface area (Å²) in [6, 6.07) is 7.82. The van der Waals surface area contributed by atoms with Crippen molar-refractivity contribution in [2.75, 3.05) is 11.9 Å². The average molecular weight is 343 g/mol. The van der Waals surface area contributed by atoms with Crippen LogP contribution in [0.3, 0.4) is 0 Å². The van der Waals surface area contributed by atoms with Crippen molar-refractivity contribution in [1.29, 1.82) is 0 Å². The third-order valence-electron chi connectivity index (χ3n) is 4.20. The van der Waals surface area contributed by atoms with E-state index in [1.165, 1.54) is 0 Å². The van der Waals surface area contributed by atoms with Gasteiger partial charge in [-0.2, -0.15) is 0 Å². The lowest BCUT2D eigenvalue weighted by Gasteiger charge is -2.24. The van der Waals surface area contributed by atoms with Gasteiger partial charge in [-0.15, -0.1) is 11.3 Å². The molecule has 1 atom stereocenters. The number of amides is 2. The standard InChI is InChI=1S/C18H21N3O2S/c1-12-20-15(11-24-12)8-9-19-17(22)7-6-14-10-13-4-2-3-5-16(13)21-18(14)23/h2-5,11,14H,6-10H2,1H3,(H,19,22)(H,21,23)/t14-/m1/s1. The number of rotatable bonds is 6. The maximum Gasteiger partial charge on any atom is 0.227 e. The van der Waals surface area contributed by atoms with Crippen LogP contribution in [0.1, 0.15) is 29.1 Å². The molecule has 0 bridgehead atoms. The van der Waals surface area contributed by atoms with Crippen LogP contribution in [0.5, 0.6) is 0 Å². The number of carbonyl (C=O) groups excluding carboxylic acids is 2. The van der Waals surface area contributed by atoms with E-state index in [2.05, 4.69) is 15.6 Å². The fraction of sp³-hybridized carbons (Fsp3) is 0.389. The molecule has 1 aromatic carbocycles. The van der Waals surface area contributed by atoms with Crippen LogP contribution < -0.4 is 10.6 Å². The Kier molecular flexibility index (Phi) is 5.25. The lowest BCUT2D eigenvalue weighted by atomic mass is 9.89. The molecule has 0 fully saturated rings. The maximum absolute atomic E-state index is 12.1. The third kappa shape index (κ3) is 4.20. The number of hydrogen-bond acceptors (Lipinski definition) is 4. The Labute approximate surface area is 145 Å². The van der Waals surface area contributed by atoms with Crippen LogP contribution >= 0.6 is 11.3 Å². The second-order valence-corrected chi connectivity index (χ2v) is 7.11. The molecule has 1 aliphatic rings. The smallest absolute Gasteiger partial charge is 0.227 e. The molecular weight excluding hydrogens is 322 g/mol. The van der Waals surface area contributed by atoms with Crippen molar-refractivity contribution in [3.05, 3.63) is 45.9 Å². The SMILES string of the molecule is Cc1nc(CCNC(=O)CC[C@@H]2Cc3ccccc3NC2=O)cs1. The summed E-state index contributed by atoms with van der Waals surface area (Å²) in [6.07, 6.45) is 2.39. The first-order chi connectivity index (χ1) is 11.6. The molecule has 2 heterocycles. The number of hydrogen-bond donors (Lipinski definition) is 2. The number of aryl methyl sites for hydroxylation is 1. The molecule has 0 aliphatic carbocycles. The summed E-state index contributed by atoms with van der Waals surface area (Å²) >= 11 is 1.62. The van der Waals surface area contributed by atoms with Gasteiger partial charge in [0.2, 0.25) is 11.8 Å². The minimum absolute atomic E-state index is 0.00592. The van der Waals surface area contributed by atoms with Crippen LogP contribution in [0, 0.1) is 12.8 Å². The Bertz CT molecular complexity index is 741. The van der Waals surface area contributed by atoms with E-state index in [4.69, 9.17) is 0 Å². The topological polar surface area (TPSA) is 71.1 Å². The zero-order chi connectivity index (χ0) is 16.9. The van der Waals surface area contributed by atoms with Crippen LogP contribution in [-0.2, 0) is 22.4 Å². The highest BCUT2D eigenvalue weighted by atomic mass is 32.1. The molecule has 3 rings (SSSR count). The summed E-state index contributed by atoms with van der Waals surface area (Å²) in [7, 11) is 0. The van der Waals surface area contributed by atoms with Crippen LogP contribution in [0.15, 0.2) is 29.6 Å². The summed E-state index contributed by atoms with van der Waals surface area (Å²) in [5.74, 6) is -0.125. The Hall–Kier alpha value is -2.21. The molecule has 2 amide bonds. The largest absolute Gasteiger partial charge is 0.356 e. The van der Waals surface area contributed by atoms with Gasteiger partial charge in [0.15, 0.2) is 0 Å². The van der Waals surface area contributed by atoms with Gasteiger partial charge in [-0.25, -0.2) is 4.98 Å². The highest BCUT2D eigenvalue weighted by molar-refractivity contribution is 7.09. The zero-order valence-electron chi connectivity index (χ0n) is 13.7. The fourth-order valence-electron chi connectivity index (χ4n) is 2.89. The monoisotopic (exact) mass is 343 g/mol. The van der Waals surface area contributed by atoms with E-state index < -0.39 is 0 Å². The van der Waals surface area contributed by atoms with E-state index in [-0.39, 0.29) is 17.7 Å². The molecule has 0 unspecified atom stereocenters. The van der Waals surface area contributed by atoms with Gasteiger partial charge in [0, 0.05) is 36.4 Å². The average Bonchev–Trinajstić information content (AvgIpc) is 2.98. The van der Waals surface area contributed by atoms with Gasteiger partial charge in [-0.1, -0.05) is 18.2 Å². The number of anilines is 1. The Morgan fingerprint density at radius 3 is 3.04 bits per heavy atom. The number of benzene rings is 1. The number of para-hydroxylation sites is 1. The second-order valence-electron chi connectivity index (χ2n) is 6.04. The number of nitrogens with one attached hydrogen (secondary N) is 2. The molecule has 6 heteroatoms. The third-order valence-corrected chi connectivity index (χ3v) is 5.02. The van der Waals surface area contributed by atoms with Gasteiger partial charge in [0.1, 0.15) is 0 Å². The Morgan fingerprint density at radius 2 is 2.25 bits per heavy atom. The number of nitrogens with zero attached hydrogens (tertiary/aromatic N) is 1. The quantitative estimate of drug-likeness (QED) is 0.847. The van der Waals surface area contributed by atoms with Gasteiger partial charge in [0.25, 0.3) is 0 Å². The first-order valence-electron chi connectivity index (χ1n) is 8.18. The van der Waals surface area contributed by atoms with Crippen molar-refractivity contribution < 1.29 is 9.59 Å². The van der Waals surface area contributed by atoms with Crippen molar-refractivity contribution in [3.8, 4) is 0 Å². The molecule has 5 nitrogen and oxygen atoms in total. The molecule has 0 spiro atoms. The minimum Gasteiger partial charge on any atom is -0.356 e. The predicted molar refractivity (Wildman–Crippen MR) is 95.1 cm³/mol. The van der Waals surface area contributed by atoms with E-state index in [1.807, 2.05) is 36.6 Å². The van der Waals surface area contributed by atoms with Gasteiger partial charge < -0.3 is 10.6 Å². The molecule has 0 saturated heterocycles. The van der Waals surface area contributed by atoms with Crippen LogP contribution in [0.25, 0.3) is 0 Å². The Morgan fingerprint density at radius 1 is 1.42 bits per heavy atom. The van der Waals surface area contributed by atoms with Crippen molar-refractivity contribution in [1.82, 2.24) is 10.3 Å². The molecule has 1 aromatic heterocycles. The highest BCUT2D eigenvalue weighted by Gasteiger charge is 2.26. The number of thiazole rings is 1. The fourth-order valence-corrected chi connectivity index (χ4v) is 3.54. The normalized spacial score (nSPS) is 16.4. The number of aromatic nitrogens is 1. The second kappa shape index (κ2) is 7.57. The predicted octanol–water partition coefficient (Wildman–Crippen LogP) is 2.70. The first kappa shape index (κ1) is 16.6. The van der Waals surface area contributed by atoms with E-state index in [1.54, 1.807) is 11.3 Å². The van der Waals surface area contributed by atoms with Gasteiger partial charge in [0.05, 0.1) is 10.7 Å². The molecule has 0 radical (unpaired) electrons. The lowest BCUT2D eigenvalue weighted by molar-refractivity contribution is -0.122. The first-order valence-corrected chi connectivity index (χ1v) is 9.06. The molecule has 2 aromatic rings. The van der Waals surface area contributed by atoms with Crippen molar-refractivity contribution in [2.45, 2.75) is 32.6 Å². The van der Waals surface area contributed by atoms with Gasteiger partial charge in [-0.3, -0.25) is 9.59 Å². The minimum atomic E-state index is -0.133. The van der Waals surface area contributed by atoms with Crippen molar-refractivity contribution >= 4 is 28.8 Å². The summed E-state index contributed by atoms with van der Waals surface area (Å²) in [5.41, 5.74) is 3.05. The van der Waals surface area contributed by atoms with Crippen LogP contribution in [0.4, 0.5) is 5.69 Å². The molecule has 24 heavy (non-hydrogen) atoms. The summed E-state index contributed by atoms with van der Waals surface area (Å²) in [6.45, 7) is 2.56. The zero-order valence-corrected chi connectivity index (χ0v) is 14.5. The molecular formula is C18H21N3O2S. The van der Waals surface area contributed by atoms with Gasteiger partial charge in [-0.05, 0) is 31.4 Å². The molecule has 0 saturated carbocycles. The van der Waals surface area contributed by atoms with E-state index in [0.29, 0.717) is 25.8 Å².